The van der Waals surface area contributed by atoms with Gasteiger partial charge in [0.2, 0.25) is 0 Å². The highest BCUT2D eigenvalue weighted by Crippen LogP contribution is 2.48. The van der Waals surface area contributed by atoms with E-state index in [9.17, 15) is 8.78 Å². The third-order valence-corrected chi connectivity index (χ3v) is 7.65. The molecule has 1 saturated carbocycles. The van der Waals surface area contributed by atoms with Gasteiger partial charge >= 0.3 is 6.01 Å². The highest BCUT2D eigenvalue weighted by atomic mass is 35.5. The van der Waals surface area contributed by atoms with Crippen LogP contribution < -0.4 is 9.64 Å². The third kappa shape index (κ3) is 3.22. The van der Waals surface area contributed by atoms with Gasteiger partial charge in [-0.1, -0.05) is 18.0 Å². The number of alkyl halides is 2. The summed E-state index contributed by atoms with van der Waals surface area (Å²) in [6.45, 7) is -1.08. The first-order valence-corrected chi connectivity index (χ1v) is 11.6. The zero-order chi connectivity index (χ0) is 23.8. The van der Waals surface area contributed by atoms with E-state index in [2.05, 4.69) is 15.0 Å². The van der Waals surface area contributed by atoms with Crippen LogP contribution in [-0.2, 0) is 0 Å². The Labute approximate surface area is 191 Å². The molecule has 32 heavy (non-hydrogen) atoms. The van der Waals surface area contributed by atoms with Crippen LogP contribution in [0.4, 0.5) is 19.0 Å². The van der Waals surface area contributed by atoms with E-state index < -0.39 is 30.3 Å². The summed E-state index contributed by atoms with van der Waals surface area (Å²) in [6, 6.07) is -0.760. The Morgan fingerprint density at radius 3 is 3.00 bits per heavy atom. The van der Waals surface area contributed by atoms with Gasteiger partial charge in [0, 0.05) is 31.6 Å². The molecule has 0 unspecified atom stereocenters. The lowest BCUT2D eigenvalue weighted by molar-refractivity contribution is 0.107. The fourth-order valence-electron chi connectivity index (χ4n) is 5.77. The summed E-state index contributed by atoms with van der Waals surface area (Å²) in [5, 5.41) is -0.119. The van der Waals surface area contributed by atoms with E-state index in [1.165, 1.54) is 6.20 Å². The Kier molecular flexibility index (Phi) is 4.40. The maximum Gasteiger partial charge on any atom is 0.319 e. The Bertz CT molecular complexity index is 1150. The van der Waals surface area contributed by atoms with Crippen molar-refractivity contribution in [3.05, 3.63) is 17.2 Å². The molecule has 172 valence electrons. The predicted octanol–water partition coefficient (Wildman–Crippen LogP) is 4.10. The van der Waals surface area contributed by atoms with Gasteiger partial charge in [0.15, 0.2) is 11.0 Å². The van der Waals surface area contributed by atoms with Crippen LogP contribution in [0.25, 0.3) is 10.9 Å². The number of ether oxygens (including phenoxy) is 1. The lowest BCUT2D eigenvalue weighted by Gasteiger charge is -2.31. The summed E-state index contributed by atoms with van der Waals surface area (Å²) in [5.41, 5.74) is -1.31. The average molecular weight is 470 g/mol. The quantitative estimate of drug-likeness (QED) is 0.628. The Balaban J connectivity index is 1.44. The highest BCUT2D eigenvalue weighted by Gasteiger charge is 2.55. The number of halogens is 4. The summed E-state index contributed by atoms with van der Waals surface area (Å²) in [4.78, 5) is 16.1. The second-order valence-electron chi connectivity index (χ2n) is 9.33. The number of aromatic nitrogens is 3. The Morgan fingerprint density at radius 1 is 1.25 bits per heavy atom. The van der Waals surface area contributed by atoms with Crippen molar-refractivity contribution in [2.24, 2.45) is 5.92 Å². The number of fused-ring (bicyclic) bond motifs is 3. The van der Waals surface area contributed by atoms with Crippen molar-refractivity contribution in [3.63, 3.8) is 0 Å². The molecule has 0 radical (unpaired) electrons. The molecule has 1 aliphatic carbocycles. The fourth-order valence-corrected chi connectivity index (χ4v) is 5.91. The summed E-state index contributed by atoms with van der Waals surface area (Å²) in [7, 11) is 0. The normalized spacial score (nSPS) is 35.8. The third-order valence-electron chi connectivity index (χ3n) is 7.39. The molecule has 0 aromatic carbocycles. The fraction of sp³-hybridized carbons (Fsp3) is 0.682. The van der Waals surface area contributed by atoms with E-state index in [4.69, 9.17) is 19.1 Å². The van der Waals surface area contributed by atoms with Crippen LogP contribution in [0.2, 0.25) is 5.15 Å². The van der Waals surface area contributed by atoms with Gasteiger partial charge in [0.1, 0.15) is 30.2 Å². The van der Waals surface area contributed by atoms with E-state index in [1.807, 2.05) is 0 Å². The molecule has 0 bridgehead atoms. The molecule has 3 saturated heterocycles. The molecule has 2 aromatic heterocycles. The van der Waals surface area contributed by atoms with Crippen LogP contribution >= 0.6 is 11.6 Å². The molecule has 4 fully saturated rings. The predicted molar refractivity (Wildman–Crippen MR) is 114 cm³/mol. The van der Waals surface area contributed by atoms with Gasteiger partial charge in [0.25, 0.3) is 0 Å². The van der Waals surface area contributed by atoms with Gasteiger partial charge in [-0.15, -0.1) is 0 Å². The van der Waals surface area contributed by atoms with E-state index in [0.29, 0.717) is 19.5 Å². The topological polar surface area (TPSA) is 54.4 Å². The molecule has 10 heteroatoms. The van der Waals surface area contributed by atoms with Crippen LogP contribution in [-0.4, -0.2) is 70.0 Å². The summed E-state index contributed by atoms with van der Waals surface area (Å²) < 4.78 is 67.1. The molecule has 6 nitrogen and oxygen atoms in total. The first kappa shape index (κ1) is 18.5. The van der Waals surface area contributed by atoms with Crippen LogP contribution in [0.15, 0.2) is 6.20 Å². The van der Waals surface area contributed by atoms with E-state index in [1.54, 1.807) is 9.80 Å². The number of rotatable bonds is 4. The van der Waals surface area contributed by atoms with Crippen molar-refractivity contribution in [1.29, 1.82) is 0 Å². The molecule has 2 aromatic rings. The van der Waals surface area contributed by atoms with Gasteiger partial charge in [-0.25, -0.2) is 18.2 Å². The molecule has 5 atom stereocenters. The maximum atomic E-state index is 15.0. The zero-order valence-electron chi connectivity index (χ0n) is 19.4. The lowest BCUT2D eigenvalue weighted by atomic mass is 9.95. The molecule has 0 spiro atoms. The van der Waals surface area contributed by atoms with Crippen molar-refractivity contribution >= 4 is 28.3 Å². The monoisotopic (exact) mass is 469 g/mol. The number of nitrogens with zero attached hydrogens (tertiary/aromatic N) is 5. The smallest absolute Gasteiger partial charge is 0.319 e. The average Bonchev–Trinajstić information content (AvgIpc) is 3.14. The summed E-state index contributed by atoms with van der Waals surface area (Å²) >= 11 is 5.91. The minimum Gasteiger partial charge on any atom is -0.461 e. The zero-order valence-corrected chi connectivity index (χ0v) is 18.2. The largest absolute Gasteiger partial charge is 0.461 e. The van der Waals surface area contributed by atoms with Gasteiger partial charge in [0.05, 0.1) is 19.7 Å². The minimum absolute atomic E-state index is 0.00393. The van der Waals surface area contributed by atoms with Crippen LogP contribution in [0, 0.1) is 11.7 Å². The van der Waals surface area contributed by atoms with E-state index in [0.717, 1.165) is 25.7 Å². The molecule has 0 amide bonds. The molecule has 6 rings (SSSR count). The minimum atomic E-state index is -2.33. The van der Waals surface area contributed by atoms with E-state index >= 15 is 4.39 Å². The number of pyridine rings is 1. The molecular weight excluding hydrogens is 443 g/mol. The van der Waals surface area contributed by atoms with Gasteiger partial charge in [-0.3, -0.25) is 4.90 Å². The first-order chi connectivity index (χ1) is 16.2. The second-order valence-corrected chi connectivity index (χ2v) is 9.69. The van der Waals surface area contributed by atoms with Crippen LogP contribution in [0.3, 0.4) is 0 Å². The van der Waals surface area contributed by atoms with E-state index in [-0.39, 0.29) is 52.8 Å². The van der Waals surface area contributed by atoms with Crippen molar-refractivity contribution in [3.8, 4) is 6.01 Å². The molecule has 5 heterocycles. The Hall–Kier alpha value is -1.87. The molecule has 0 N–H and O–H groups in total. The van der Waals surface area contributed by atoms with Gasteiger partial charge in [-0.2, -0.15) is 9.97 Å². The number of hydrogen-bond acceptors (Lipinski definition) is 6. The van der Waals surface area contributed by atoms with Gasteiger partial charge < -0.3 is 9.64 Å². The first-order valence-electron chi connectivity index (χ1n) is 12.2. The Morgan fingerprint density at radius 2 is 2.12 bits per heavy atom. The number of hydrogen-bond donors (Lipinski definition) is 0. The molecule has 3 aliphatic heterocycles. The molecular formula is C22H25ClF3N5O. The van der Waals surface area contributed by atoms with Crippen molar-refractivity contribution in [1.82, 2.24) is 19.9 Å². The van der Waals surface area contributed by atoms with Crippen LogP contribution in [0.1, 0.15) is 41.3 Å². The molecule has 4 aliphatic rings. The SMILES string of the molecule is [2H]C([2H])(Oc1nc(N2CCCC[C@@H]3[C@H](F)[C@@H]32)c2cnc(Cl)c(F)c2n1)[C@@]12CCCN1C[C@H](F)C2. The highest BCUT2D eigenvalue weighted by molar-refractivity contribution is 6.30. The lowest BCUT2D eigenvalue weighted by Crippen LogP contribution is -2.43. The van der Waals surface area contributed by atoms with Gasteiger partial charge in [-0.05, 0) is 32.2 Å². The number of anilines is 1. The van der Waals surface area contributed by atoms with Crippen molar-refractivity contribution in [2.75, 3.05) is 31.1 Å². The summed E-state index contributed by atoms with van der Waals surface area (Å²) in [6.07, 6.45) is 2.84. The van der Waals surface area contributed by atoms with Crippen molar-refractivity contribution in [2.45, 2.75) is 62.4 Å². The van der Waals surface area contributed by atoms with Crippen molar-refractivity contribution < 1.29 is 20.6 Å². The second kappa shape index (κ2) is 7.58. The standard InChI is InChI=1S/C22H25ClF3N5O/c23-19-16(26)17-14(9-27-19)20(31-7-2-1-4-13-15(25)18(13)31)29-21(28-17)32-11-22-5-3-6-30(22)10-12(24)8-22/h9,12-13,15,18H,1-8,10-11H2/t12-,13-,15+,18-,22+/m1/s1/i11D2. The maximum absolute atomic E-state index is 15.0. The summed E-state index contributed by atoms with van der Waals surface area (Å²) in [5.74, 6) is -0.733. The van der Waals surface area contributed by atoms with Crippen LogP contribution in [0.5, 0.6) is 6.01 Å².